The van der Waals surface area contributed by atoms with Crippen molar-refractivity contribution in [3.63, 3.8) is 0 Å². The molecule has 0 spiro atoms. The molecule has 1 N–H and O–H groups in total. The summed E-state index contributed by atoms with van der Waals surface area (Å²) in [5.74, 6) is -0.356. The van der Waals surface area contributed by atoms with Gasteiger partial charge in [0.15, 0.2) is 0 Å². The van der Waals surface area contributed by atoms with E-state index in [4.69, 9.17) is 0 Å². The number of rotatable bonds is 7. The quantitative estimate of drug-likeness (QED) is 0.714. The van der Waals surface area contributed by atoms with Crippen LogP contribution in [0.1, 0.15) is 22.9 Å². The lowest BCUT2D eigenvalue weighted by Gasteiger charge is -2.17. The Kier molecular flexibility index (Phi) is 5.38. The fourth-order valence-electron chi connectivity index (χ4n) is 2.52. The van der Waals surface area contributed by atoms with Gasteiger partial charge in [0, 0.05) is 30.2 Å². The first kappa shape index (κ1) is 16.4. The monoisotopic (exact) mass is 343 g/mol. The van der Waals surface area contributed by atoms with E-state index >= 15 is 0 Å². The van der Waals surface area contributed by atoms with Gasteiger partial charge in [-0.3, -0.25) is 9.48 Å². The molecule has 0 saturated heterocycles. The second-order valence-electron chi connectivity index (χ2n) is 5.41. The summed E-state index contributed by atoms with van der Waals surface area (Å²) in [4.78, 5) is 13.2. The zero-order valence-corrected chi connectivity index (χ0v) is 13.9. The molecule has 1 atom stereocenters. The van der Waals surface area contributed by atoms with Crippen LogP contribution in [0.15, 0.2) is 60.2 Å². The maximum absolute atomic E-state index is 13.6. The van der Waals surface area contributed by atoms with E-state index in [2.05, 4.69) is 10.4 Å². The fraction of sp³-hybridized carbons (Fsp3) is 0.222. The van der Waals surface area contributed by atoms with Crippen LogP contribution in [0.4, 0.5) is 4.39 Å². The largest absolute Gasteiger partial charge is 0.354 e. The van der Waals surface area contributed by atoms with Gasteiger partial charge >= 0.3 is 0 Å². The molecule has 4 nitrogen and oxygen atoms in total. The molecule has 0 aliphatic rings. The third-order valence-corrected chi connectivity index (χ3v) is 4.76. The van der Waals surface area contributed by atoms with Crippen LogP contribution >= 0.6 is 11.3 Å². The smallest absolute Gasteiger partial charge is 0.220 e. The van der Waals surface area contributed by atoms with Crippen LogP contribution in [0.25, 0.3) is 0 Å². The summed E-state index contributed by atoms with van der Waals surface area (Å²) in [5.41, 5.74) is 0.564. The van der Waals surface area contributed by atoms with E-state index in [1.807, 2.05) is 34.5 Å². The van der Waals surface area contributed by atoms with Crippen molar-refractivity contribution in [1.82, 2.24) is 15.1 Å². The van der Waals surface area contributed by atoms with Crippen LogP contribution in [0.5, 0.6) is 0 Å². The van der Waals surface area contributed by atoms with Crippen molar-refractivity contribution in [2.45, 2.75) is 18.9 Å². The lowest BCUT2D eigenvalue weighted by molar-refractivity contribution is -0.121. The SMILES string of the molecule is O=C(CCc1ccccc1F)NCC(c1cccs1)n1cccn1. The minimum absolute atomic E-state index is 0.0302. The molecule has 0 radical (unpaired) electrons. The predicted molar refractivity (Wildman–Crippen MR) is 92.4 cm³/mol. The highest BCUT2D eigenvalue weighted by molar-refractivity contribution is 7.10. The van der Waals surface area contributed by atoms with Crippen LogP contribution < -0.4 is 5.32 Å². The van der Waals surface area contributed by atoms with E-state index in [1.165, 1.54) is 6.07 Å². The molecular formula is C18H18FN3OS. The molecule has 2 aromatic heterocycles. The van der Waals surface area contributed by atoms with Gasteiger partial charge in [0.05, 0.1) is 0 Å². The lowest BCUT2D eigenvalue weighted by Crippen LogP contribution is -2.31. The number of aryl methyl sites for hydroxylation is 1. The number of amides is 1. The summed E-state index contributed by atoms with van der Waals surface area (Å²) in [6.45, 7) is 0.457. The second kappa shape index (κ2) is 7.88. The standard InChI is InChI=1S/C18H18FN3OS/c19-15-6-2-1-5-14(15)8-9-18(23)20-13-16(17-7-3-12-24-17)22-11-4-10-21-22/h1-7,10-12,16H,8-9,13H2,(H,20,23). The van der Waals surface area contributed by atoms with Crippen LogP contribution in [0.2, 0.25) is 0 Å². The van der Waals surface area contributed by atoms with Crippen molar-refractivity contribution in [2.24, 2.45) is 0 Å². The number of halogens is 1. The number of nitrogens with zero attached hydrogens (tertiary/aromatic N) is 2. The van der Waals surface area contributed by atoms with E-state index in [9.17, 15) is 9.18 Å². The number of hydrogen-bond acceptors (Lipinski definition) is 3. The zero-order valence-electron chi connectivity index (χ0n) is 13.1. The molecule has 6 heteroatoms. The van der Waals surface area contributed by atoms with Gasteiger partial charge < -0.3 is 5.32 Å². The average molecular weight is 343 g/mol. The van der Waals surface area contributed by atoms with E-state index < -0.39 is 0 Å². The topological polar surface area (TPSA) is 46.9 Å². The Labute approximate surface area is 143 Å². The van der Waals surface area contributed by atoms with E-state index in [0.29, 0.717) is 18.5 Å². The van der Waals surface area contributed by atoms with Gasteiger partial charge in [-0.15, -0.1) is 11.3 Å². The first-order chi connectivity index (χ1) is 11.7. The molecule has 1 unspecified atom stereocenters. The van der Waals surface area contributed by atoms with Gasteiger partial charge in [0.25, 0.3) is 0 Å². The fourth-order valence-corrected chi connectivity index (χ4v) is 3.34. The molecule has 3 aromatic rings. The van der Waals surface area contributed by atoms with E-state index in [0.717, 1.165) is 4.88 Å². The van der Waals surface area contributed by atoms with Crippen molar-refractivity contribution < 1.29 is 9.18 Å². The van der Waals surface area contributed by atoms with Crippen molar-refractivity contribution in [3.05, 3.63) is 76.5 Å². The number of benzene rings is 1. The first-order valence-corrected chi connectivity index (χ1v) is 8.64. The lowest BCUT2D eigenvalue weighted by atomic mass is 10.1. The summed E-state index contributed by atoms with van der Waals surface area (Å²) in [6, 6.07) is 12.4. The van der Waals surface area contributed by atoms with E-state index in [-0.39, 0.29) is 24.2 Å². The number of aromatic nitrogens is 2. The second-order valence-corrected chi connectivity index (χ2v) is 6.39. The van der Waals surface area contributed by atoms with Gasteiger partial charge in [0.2, 0.25) is 5.91 Å². The Morgan fingerprint density at radius 2 is 2.12 bits per heavy atom. The molecule has 0 aliphatic heterocycles. The minimum Gasteiger partial charge on any atom is -0.354 e. The molecule has 1 amide bonds. The molecule has 0 bridgehead atoms. The highest BCUT2D eigenvalue weighted by atomic mass is 32.1. The van der Waals surface area contributed by atoms with Crippen molar-refractivity contribution in [3.8, 4) is 0 Å². The summed E-state index contributed by atoms with van der Waals surface area (Å²) < 4.78 is 15.4. The Balaban J connectivity index is 1.57. The summed E-state index contributed by atoms with van der Waals surface area (Å²) in [5, 5.41) is 9.22. The molecule has 3 rings (SSSR count). The molecule has 124 valence electrons. The number of carbonyl (C=O) groups is 1. The summed E-state index contributed by atoms with van der Waals surface area (Å²) >= 11 is 1.63. The molecule has 0 fully saturated rings. The Morgan fingerprint density at radius 3 is 2.83 bits per heavy atom. The van der Waals surface area contributed by atoms with Gasteiger partial charge in [-0.25, -0.2) is 4.39 Å². The summed E-state index contributed by atoms with van der Waals surface area (Å²) in [6.07, 6.45) is 4.26. The normalized spacial score (nSPS) is 12.0. The maximum Gasteiger partial charge on any atom is 0.220 e. The highest BCUT2D eigenvalue weighted by Gasteiger charge is 2.16. The predicted octanol–water partition coefficient (Wildman–Crippen LogP) is 3.42. The number of nitrogens with one attached hydrogen (secondary N) is 1. The molecule has 0 aliphatic carbocycles. The Morgan fingerprint density at radius 1 is 1.25 bits per heavy atom. The highest BCUT2D eigenvalue weighted by Crippen LogP contribution is 2.21. The third-order valence-electron chi connectivity index (χ3n) is 3.79. The first-order valence-electron chi connectivity index (χ1n) is 7.76. The van der Waals surface area contributed by atoms with Crippen LogP contribution in [0, 0.1) is 5.82 Å². The van der Waals surface area contributed by atoms with Gasteiger partial charge in [-0.1, -0.05) is 24.3 Å². The van der Waals surface area contributed by atoms with Crippen LogP contribution in [-0.2, 0) is 11.2 Å². The Hall–Kier alpha value is -2.47. The minimum atomic E-state index is -0.265. The van der Waals surface area contributed by atoms with Crippen molar-refractivity contribution in [1.29, 1.82) is 0 Å². The molecule has 1 aromatic carbocycles. The zero-order chi connectivity index (χ0) is 16.8. The average Bonchev–Trinajstić information content (AvgIpc) is 3.28. The third kappa shape index (κ3) is 4.08. The van der Waals surface area contributed by atoms with Crippen molar-refractivity contribution >= 4 is 17.2 Å². The number of hydrogen-bond donors (Lipinski definition) is 1. The van der Waals surface area contributed by atoms with Crippen LogP contribution in [-0.4, -0.2) is 22.2 Å². The molecule has 2 heterocycles. The van der Waals surface area contributed by atoms with Gasteiger partial charge in [-0.2, -0.15) is 5.10 Å². The van der Waals surface area contributed by atoms with E-state index in [1.54, 1.807) is 35.7 Å². The number of carbonyl (C=O) groups excluding carboxylic acids is 1. The maximum atomic E-state index is 13.6. The molecule has 24 heavy (non-hydrogen) atoms. The molecule has 0 saturated carbocycles. The van der Waals surface area contributed by atoms with Crippen molar-refractivity contribution in [2.75, 3.05) is 6.54 Å². The van der Waals surface area contributed by atoms with Gasteiger partial charge in [-0.05, 0) is 35.6 Å². The molecular weight excluding hydrogens is 325 g/mol. The number of thiophene rings is 1. The Bertz CT molecular complexity index is 737. The van der Waals surface area contributed by atoms with Crippen LogP contribution in [0.3, 0.4) is 0 Å². The summed E-state index contributed by atoms with van der Waals surface area (Å²) in [7, 11) is 0. The van der Waals surface area contributed by atoms with Gasteiger partial charge in [0.1, 0.15) is 11.9 Å².